The van der Waals surface area contributed by atoms with Crippen molar-refractivity contribution in [3.8, 4) is 5.75 Å². The highest BCUT2D eigenvalue weighted by Gasteiger charge is 2.15. The van der Waals surface area contributed by atoms with Gasteiger partial charge in [0.25, 0.3) is 0 Å². The van der Waals surface area contributed by atoms with E-state index < -0.39 is 5.97 Å². The molecule has 1 N–H and O–H groups in total. The van der Waals surface area contributed by atoms with E-state index in [1.165, 1.54) is 0 Å². The van der Waals surface area contributed by atoms with Crippen LogP contribution in [0.3, 0.4) is 0 Å². The van der Waals surface area contributed by atoms with Gasteiger partial charge in [0.1, 0.15) is 17.9 Å². The van der Waals surface area contributed by atoms with E-state index in [4.69, 9.17) is 4.74 Å². The number of hydrogen-bond donors (Lipinski definition) is 1. The predicted octanol–water partition coefficient (Wildman–Crippen LogP) is 4.34. The summed E-state index contributed by atoms with van der Waals surface area (Å²) >= 11 is 3.30. The van der Waals surface area contributed by atoms with E-state index in [1.807, 2.05) is 44.2 Å². The number of hydrogen-bond acceptors (Lipinski definition) is 2. The van der Waals surface area contributed by atoms with Crippen molar-refractivity contribution in [3.05, 3.63) is 63.1 Å². The normalized spacial score (nSPS) is 10.3. The number of ether oxygens (including phenoxy) is 1. The van der Waals surface area contributed by atoms with E-state index in [0.29, 0.717) is 12.4 Å². The van der Waals surface area contributed by atoms with Crippen LogP contribution >= 0.6 is 15.9 Å². The molecular weight excluding hydrogens is 320 g/mol. The van der Waals surface area contributed by atoms with Crippen LogP contribution in [-0.4, -0.2) is 11.1 Å². The van der Waals surface area contributed by atoms with Gasteiger partial charge in [0.15, 0.2) is 0 Å². The SMILES string of the molecule is Cc1cccc(COc2c(C)cc(Br)cc2C(=O)O)c1. The van der Waals surface area contributed by atoms with Crippen LogP contribution in [0.4, 0.5) is 0 Å². The maximum absolute atomic E-state index is 11.3. The number of carboxylic acids is 1. The minimum atomic E-state index is -0.992. The maximum Gasteiger partial charge on any atom is 0.339 e. The van der Waals surface area contributed by atoms with Gasteiger partial charge in [-0.1, -0.05) is 45.8 Å². The Balaban J connectivity index is 2.27. The summed E-state index contributed by atoms with van der Waals surface area (Å²) in [6.45, 7) is 4.20. The van der Waals surface area contributed by atoms with Crippen LogP contribution in [0.2, 0.25) is 0 Å². The zero-order valence-electron chi connectivity index (χ0n) is 11.3. The molecule has 104 valence electrons. The Morgan fingerprint density at radius 2 is 2.00 bits per heavy atom. The summed E-state index contributed by atoms with van der Waals surface area (Å²) in [4.78, 5) is 11.3. The molecule has 0 atom stereocenters. The Hall–Kier alpha value is -1.81. The highest BCUT2D eigenvalue weighted by molar-refractivity contribution is 9.10. The highest BCUT2D eigenvalue weighted by atomic mass is 79.9. The molecule has 0 bridgehead atoms. The van der Waals surface area contributed by atoms with Gasteiger partial charge in [0, 0.05) is 4.47 Å². The van der Waals surface area contributed by atoms with Crippen LogP contribution in [0, 0.1) is 13.8 Å². The third kappa shape index (κ3) is 3.39. The quantitative estimate of drug-likeness (QED) is 0.904. The summed E-state index contributed by atoms with van der Waals surface area (Å²) in [6.07, 6.45) is 0. The third-order valence-electron chi connectivity index (χ3n) is 2.94. The standard InChI is InChI=1S/C16H15BrO3/c1-10-4-3-5-12(6-10)9-20-15-11(2)7-13(17)8-14(15)16(18)19/h3-8H,9H2,1-2H3,(H,18,19). The van der Waals surface area contributed by atoms with Crippen molar-refractivity contribution in [1.82, 2.24) is 0 Å². The fraction of sp³-hybridized carbons (Fsp3) is 0.188. The van der Waals surface area contributed by atoms with Gasteiger partial charge in [-0.05, 0) is 37.1 Å². The molecule has 0 aromatic heterocycles. The lowest BCUT2D eigenvalue weighted by Gasteiger charge is -2.13. The number of aryl methyl sites for hydroxylation is 2. The van der Waals surface area contributed by atoms with E-state index in [-0.39, 0.29) is 5.56 Å². The Bertz CT molecular complexity index is 650. The summed E-state index contributed by atoms with van der Waals surface area (Å²) in [6, 6.07) is 11.4. The second-order valence-corrected chi connectivity index (χ2v) is 5.60. The Morgan fingerprint density at radius 1 is 1.25 bits per heavy atom. The number of benzene rings is 2. The molecular formula is C16H15BrO3. The first kappa shape index (κ1) is 14.6. The van der Waals surface area contributed by atoms with Crippen molar-refractivity contribution in [3.63, 3.8) is 0 Å². The first-order chi connectivity index (χ1) is 9.47. The minimum Gasteiger partial charge on any atom is -0.488 e. The van der Waals surface area contributed by atoms with E-state index in [2.05, 4.69) is 15.9 Å². The van der Waals surface area contributed by atoms with Crippen molar-refractivity contribution in [2.45, 2.75) is 20.5 Å². The molecule has 0 saturated heterocycles. The Labute approximate surface area is 126 Å². The van der Waals surface area contributed by atoms with Gasteiger partial charge >= 0.3 is 5.97 Å². The largest absolute Gasteiger partial charge is 0.488 e. The molecule has 0 fully saturated rings. The van der Waals surface area contributed by atoms with Crippen molar-refractivity contribution in [2.75, 3.05) is 0 Å². The van der Waals surface area contributed by atoms with Gasteiger partial charge in [-0.3, -0.25) is 0 Å². The summed E-state index contributed by atoms with van der Waals surface area (Å²) in [5, 5.41) is 9.26. The highest BCUT2D eigenvalue weighted by Crippen LogP contribution is 2.29. The van der Waals surface area contributed by atoms with Gasteiger partial charge in [0.2, 0.25) is 0 Å². The molecule has 0 aliphatic rings. The zero-order valence-corrected chi connectivity index (χ0v) is 12.9. The summed E-state index contributed by atoms with van der Waals surface area (Å²) in [5.41, 5.74) is 3.13. The van der Waals surface area contributed by atoms with E-state index in [0.717, 1.165) is 21.2 Å². The molecule has 2 aromatic carbocycles. The number of carbonyl (C=O) groups is 1. The molecule has 4 heteroatoms. The molecule has 0 unspecified atom stereocenters. The molecule has 0 heterocycles. The van der Waals surface area contributed by atoms with E-state index in [9.17, 15) is 9.90 Å². The van der Waals surface area contributed by atoms with Crippen LogP contribution in [0.25, 0.3) is 0 Å². The van der Waals surface area contributed by atoms with Crippen LogP contribution in [0.15, 0.2) is 40.9 Å². The minimum absolute atomic E-state index is 0.171. The lowest BCUT2D eigenvalue weighted by atomic mass is 10.1. The second kappa shape index (κ2) is 6.09. The molecule has 0 spiro atoms. The van der Waals surface area contributed by atoms with Crippen LogP contribution in [0.5, 0.6) is 5.75 Å². The molecule has 0 radical (unpaired) electrons. The van der Waals surface area contributed by atoms with Crippen molar-refractivity contribution in [1.29, 1.82) is 0 Å². The van der Waals surface area contributed by atoms with Crippen molar-refractivity contribution in [2.24, 2.45) is 0 Å². The molecule has 0 aliphatic heterocycles. The van der Waals surface area contributed by atoms with Gasteiger partial charge in [-0.2, -0.15) is 0 Å². The third-order valence-corrected chi connectivity index (χ3v) is 3.39. The Kier molecular flexibility index (Phi) is 4.45. The lowest BCUT2D eigenvalue weighted by Crippen LogP contribution is -2.05. The van der Waals surface area contributed by atoms with Crippen LogP contribution < -0.4 is 4.74 Å². The monoisotopic (exact) mass is 334 g/mol. The first-order valence-corrected chi connectivity index (χ1v) is 6.98. The average molecular weight is 335 g/mol. The smallest absolute Gasteiger partial charge is 0.339 e. The fourth-order valence-corrected chi connectivity index (χ4v) is 2.61. The van der Waals surface area contributed by atoms with Crippen LogP contribution in [0.1, 0.15) is 27.0 Å². The second-order valence-electron chi connectivity index (χ2n) is 4.68. The Morgan fingerprint density at radius 3 is 2.65 bits per heavy atom. The maximum atomic E-state index is 11.3. The molecule has 3 nitrogen and oxygen atoms in total. The first-order valence-electron chi connectivity index (χ1n) is 6.19. The van der Waals surface area contributed by atoms with Gasteiger partial charge < -0.3 is 9.84 Å². The predicted molar refractivity (Wildman–Crippen MR) is 81.3 cm³/mol. The molecule has 0 saturated carbocycles. The molecule has 2 aromatic rings. The average Bonchev–Trinajstić information content (AvgIpc) is 2.36. The van der Waals surface area contributed by atoms with Crippen LogP contribution in [-0.2, 0) is 6.61 Å². The summed E-state index contributed by atoms with van der Waals surface area (Å²) < 4.78 is 6.46. The number of carboxylic acid groups (broad SMARTS) is 1. The molecule has 0 amide bonds. The van der Waals surface area contributed by atoms with Crippen molar-refractivity contribution >= 4 is 21.9 Å². The number of rotatable bonds is 4. The van der Waals surface area contributed by atoms with Gasteiger partial charge in [0.05, 0.1) is 0 Å². The lowest BCUT2D eigenvalue weighted by molar-refractivity contribution is 0.0691. The van der Waals surface area contributed by atoms with Crippen molar-refractivity contribution < 1.29 is 14.6 Å². The number of halogens is 1. The molecule has 20 heavy (non-hydrogen) atoms. The summed E-state index contributed by atoms with van der Waals surface area (Å²) in [7, 11) is 0. The van der Waals surface area contributed by atoms with E-state index >= 15 is 0 Å². The molecule has 0 aliphatic carbocycles. The van der Waals surface area contributed by atoms with Gasteiger partial charge in [-0.25, -0.2) is 4.79 Å². The van der Waals surface area contributed by atoms with Gasteiger partial charge in [-0.15, -0.1) is 0 Å². The topological polar surface area (TPSA) is 46.5 Å². The number of aromatic carboxylic acids is 1. The van der Waals surface area contributed by atoms with E-state index in [1.54, 1.807) is 6.07 Å². The fourth-order valence-electron chi connectivity index (χ4n) is 2.04. The molecule has 2 rings (SSSR count). The zero-order chi connectivity index (χ0) is 14.7. The summed E-state index contributed by atoms with van der Waals surface area (Å²) in [5.74, 6) is -0.573.